The average Bonchev–Trinajstić information content (AvgIpc) is 1.98. The van der Waals surface area contributed by atoms with Gasteiger partial charge in [-0.25, -0.2) is 4.79 Å². The molecule has 0 spiro atoms. The van der Waals surface area contributed by atoms with E-state index in [1.807, 2.05) is 0 Å². The molecule has 78 valence electrons. The van der Waals surface area contributed by atoms with Gasteiger partial charge in [-0.05, 0) is 6.92 Å². The molecule has 1 amide bonds. The van der Waals surface area contributed by atoms with Gasteiger partial charge in [-0.1, -0.05) is 0 Å². The fourth-order valence-electron chi connectivity index (χ4n) is 0.489. The molecule has 0 aliphatic carbocycles. The number of carboxylic acid groups (broad SMARTS) is 1. The van der Waals surface area contributed by atoms with Gasteiger partial charge in [0.25, 0.3) is 0 Å². The summed E-state index contributed by atoms with van der Waals surface area (Å²) in [6, 6.07) is -1.67. The molecule has 0 radical (unpaired) electrons. The number of amides is 1. The normalized spacial score (nSPS) is 13.8. The van der Waals surface area contributed by atoms with Gasteiger partial charge < -0.3 is 16.2 Å². The second-order valence-corrected chi connectivity index (χ2v) is 2.74. The summed E-state index contributed by atoms with van der Waals surface area (Å²) < 4.78 is 0. The first-order chi connectivity index (χ1) is 5.49. The highest BCUT2D eigenvalue weighted by molar-refractivity contribution is 7.80. The van der Waals surface area contributed by atoms with Crippen LogP contribution in [0.1, 0.15) is 6.92 Å². The van der Waals surface area contributed by atoms with Crippen molar-refractivity contribution in [2.75, 3.05) is 5.75 Å². The van der Waals surface area contributed by atoms with Crippen LogP contribution in [0.15, 0.2) is 0 Å². The lowest BCUT2D eigenvalue weighted by atomic mass is 10.3. The molecule has 0 aliphatic heterocycles. The van der Waals surface area contributed by atoms with Gasteiger partial charge in [0.2, 0.25) is 5.91 Å². The lowest BCUT2D eigenvalue weighted by Gasteiger charge is -2.13. The minimum atomic E-state index is -1.11. The van der Waals surface area contributed by atoms with Crippen molar-refractivity contribution in [3.05, 3.63) is 0 Å². The van der Waals surface area contributed by atoms with Crippen LogP contribution in [0, 0.1) is 0 Å². The predicted octanol–water partition coefficient (Wildman–Crippen LogP) is -0.745. The summed E-state index contributed by atoms with van der Waals surface area (Å²) in [4.78, 5) is 21.3. The maximum Gasteiger partial charge on any atom is 0.327 e. The molecule has 0 rings (SSSR count). The Hall–Kier alpha value is -0.460. The van der Waals surface area contributed by atoms with Crippen molar-refractivity contribution in [3.8, 4) is 0 Å². The zero-order valence-corrected chi connectivity index (χ0v) is 8.77. The fourth-order valence-corrected chi connectivity index (χ4v) is 0.736. The Morgan fingerprint density at radius 3 is 2.31 bits per heavy atom. The van der Waals surface area contributed by atoms with Gasteiger partial charge in [0.15, 0.2) is 0 Å². The van der Waals surface area contributed by atoms with Gasteiger partial charge in [-0.15, -0.1) is 12.4 Å². The van der Waals surface area contributed by atoms with Crippen LogP contribution in [0.5, 0.6) is 0 Å². The zero-order valence-electron chi connectivity index (χ0n) is 7.06. The van der Waals surface area contributed by atoms with Crippen molar-refractivity contribution in [3.63, 3.8) is 0 Å². The average molecular weight is 229 g/mol. The SMILES string of the molecule is CC(N)C(=O)NC(CS)C(=O)O.Cl. The maximum atomic E-state index is 10.9. The Kier molecular flexibility index (Phi) is 8.09. The van der Waals surface area contributed by atoms with Gasteiger partial charge in [0.1, 0.15) is 6.04 Å². The maximum absolute atomic E-state index is 10.9. The van der Waals surface area contributed by atoms with Gasteiger partial charge in [0.05, 0.1) is 6.04 Å². The van der Waals surface area contributed by atoms with Crippen LogP contribution in [0.3, 0.4) is 0 Å². The molecule has 2 unspecified atom stereocenters. The quantitative estimate of drug-likeness (QED) is 0.477. The number of nitrogens with one attached hydrogen (secondary N) is 1. The van der Waals surface area contributed by atoms with E-state index in [9.17, 15) is 9.59 Å². The Morgan fingerprint density at radius 1 is 1.62 bits per heavy atom. The van der Waals surface area contributed by atoms with Crippen LogP contribution in [-0.4, -0.2) is 34.8 Å². The summed E-state index contributed by atoms with van der Waals surface area (Å²) in [7, 11) is 0. The minimum absolute atomic E-state index is 0. The molecule has 0 aromatic carbocycles. The molecule has 0 heterocycles. The van der Waals surface area contributed by atoms with E-state index >= 15 is 0 Å². The van der Waals surface area contributed by atoms with E-state index in [-0.39, 0.29) is 18.2 Å². The van der Waals surface area contributed by atoms with Crippen molar-refractivity contribution in [2.45, 2.75) is 19.0 Å². The monoisotopic (exact) mass is 228 g/mol. The van der Waals surface area contributed by atoms with E-state index in [0.717, 1.165) is 0 Å². The summed E-state index contributed by atoms with van der Waals surface area (Å²) in [5.41, 5.74) is 5.21. The molecule has 5 nitrogen and oxygen atoms in total. The molecule has 0 aromatic rings. The Morgan fingerprint density at radius 2 is 2.08 bits per heavy atom. The summed E-state index contributed by atoms with van der Waals surface area (Å²) in [6.07, 6.45) is 0. The predicted molar refractivity (Wildman–Crippen MR) is 54.3 cm³/mol. The standard InChI is InChI=1S/C6H12N2O3S.ClH/c1-3(7)5(9)8-4(2-12)6(10)11;/h3-4,12H,2,7H2,1H3,(H,8,9)(H,10,11);1H. The second kappa shape index (κ2) is 6.99. The van der Waals surface area contributed by atoms with Crippen molar-refractivity contribution in [1.29, 1.82) is 0 Å². The number of carbonyl (C=O) groups excluding carboxylic acids is 1. The molecule has 2 atom stereocenters. The van der Waals surface area contributed by atoms with Crippen LogP contribution in [0.4, 0.5) is 0 Å². The van der Waals surface area contributed by atoms with Crippen LogP contribution >= 0.6 is 25.0 Å². The molecular formula is C6H13ClN2O3S. The first-order valence-corrected chi connectivity index (χ1v) is 4.02. The Balaban J connectivity index is 0. The van der Waals surface area contributed by atoms with E-state index in [4.69, 9.17) is 10.8 Å². The third-order valence-electron chi connectivity index (χ3n) is 1.21. The van der Waals surface area contributed by atoms with Gasteiger partial charge in [-0.2, -0.15) is 12.6 Å². The number of aliphatic carboxylic acids is 1. The third-order valence-corrected chi connectivity index (χ3v) is 1.58. The van der Waals surface area contributed by atoms with Gasteiger partial charge >= 0.3 is 5.97 Å². The van der Waals surface area contributed by atoms with E-state index in [0.29, 0.717) is 0 Å². The first-order valence-electron chi connectivity index (χ1n) is 3.38. The lowest BCUT2D eigenvalue weighted by Crippen LogP contribution is -2.48. The topological polar surface area (TPSA) is 92.4 Å². The van der Waals surface area contributed by atoms with Crippen LogP contribution in [0.25, 0.3) is 0 Å². The molecule has 0 saturated carbocycles. The van der Waals surface area contributed by atoms with Crippen LogP contribution in [0.2, 0.25) is 0 Å². The molecule has 4 N–H and O–H groups in total. The lowest BCUT2D eigenvalue weighted by molar-refractivity contribution is -0.141. The zero-order chi connectivity index (χ0) is 9.72. The van der Waals surface area contributed by atoms with Crippen LogP contribution in [-0.2, 0) is 9.59 Å². The van der Waals surface area contributed by atoms with E-state index in [1.54, 1.807) is 0 Å². The third kappa shape index (κ3) is 5.73. The molecular weight excluding hydrogens is 216 g/mol. The largest absolute Gasteiger partial charge is 0.480 e. The summed E-state index contributed by atoms with van der Waals surface area (Å²) in [5.74, 6) is -1.55. The van der Waals surface area contributed by atoms with Crippen molar-refractivity contribution < 1.29 is 14.7 Å². The Labute approximate surface area is 87.9 Å². The highest BCUT2D eigenvalue weighted by atomic mass is 35.5. The molecule has 13 heavy (non-hydrogen) atoms. The number of thiol groups is 1. The van der Waals surface area contributed by atoms with E-state index in [2.05, 4.69) is 17.9 Å². The highest BCUT2D eigenvalue weighted by Gasteiger charge is 2.19. The molecule has 0 saturated heterocycles. The molecule has 0 aromatic heterocycles. The molecule has 0 fully saturated rings. The van der Waals surface area contributed by atoms with Crippen molar-refractivity contribution in [1.82, 2.24) is 5.32 Å². The number of carbonyl (C=O) groups is 2. The highest BCUT2D eigenvalue weighted by Crippen LogP contribution is 1.89. The number of carboxylic acids is 1. The number of hydrogen-bond acceptors (Lipinski definition) is 4. The molecule has 0 aliphatic rings. The Bertz CT molecular complexity index is 189. The number of rotatable bonds is 4. The number of nitrogens with two attached hydrogens (primary N) is 1. The number of hydrogen-bond donors (Lipinski definition) is 4. The summed E-state index contributed by atoms with van der Waals surface area (Å²) >= 11 is 3.76. The van der Waals surface area contributed by atoms with Crippen molar-refractivity contribution >= 4 is 36.9 Å². The molecule has 0 bridgehead atoms. The van der Waals surface area contributed by atoms with Gasteiger partial charge in [-0.3, -0.25) is 4.79 Å². The fraction of sp³-hybridized carbons (Fsp3) is 0.667. The summed E-state index contributed by atoms with van der Waals surface area (Å²) in [5, 5.41) is 10.7. The minimum Gasteiger partial charge on any atom is -0.480 e. The van der Waals surface area contributed by atoms with E-state index in [1.165, 1.54) is 6.92 Å². The summed E-state index contributed by atoms with van der Waals surface area (Å²) in [6.45, 7) is 1.48. The first kappa shape index (κ1) is 15.0. The van der Waals surface area contributed by atoms with Crippen LogP contribution < -0.4 is 11.1 Å². The van der Waals surface area contributed by atoms with Gasteiger partial charge in [0, 0.05) is 5.75 Å². The second-order valence-electron chi connectivity index (χ2n) is 2.37. The van der Waals surface area contributed by atoms with E-state index < -0.39 is 24.0 Å². The smallest absolute Gasteiger partial charge is 0.327 e. The van der Waals surface area contributed by atoms with Crippen molar-refractivity contribution in [2.24, 2.45) is 5.73 Å². The number of halogens is 1. The molecule has 7 heteroatoms.